The number of thiazole rings is 1. The van der Waals surface area contributed by atoms with Gasteiger partial charge in [-0.15, -0.1) is 11.3 Å². The number of nitrogens with zero attached hydrogens (tertiary/aromatic N) is 3. The Morgan fingerprint density at radius 2 is 1.89 bits per heavy atom. The van der Waals surface area contributed by atoms with Crippen LogP contribution >= 0.6 is 11.3 Å². The first-order valence-corrected chi connectivity index (χ1v) is 10.6. The van der Waals surface area contributed by atoms with Crippen molar-refractivity contribution >= 4 is 17.2 Å². The fraction of sp³-hybridized carbons (Fsp3) is 0.524. The Morgan fingerprint density at radius 3 is 2.54 bits per heavy atom. The highest BCUT2D eigenvalue weighted by Crippen LogP contribution is 2.23. The highest BCUT2D eigenvalue weighted by atomic mass is 32.1. The van der Waals surface area contributed by atoms with Crippen LogP contribution in [0.4, 0.5) is 4.39 Å². The van der Waals surface area contributed by atoms with E-state index >= 15 is 0 Å². The molecule has 0 atom stereocenters. The summed E-state index contributed by atoms with van der Waals surface area (Å²) in [5.41, 5.74) is 0.745. The summed E-state index contributed by atoms with van der Waals surface area (Å²) < 4.78 is 18.6. The van der Waals surface area contributed by atoms with E-state index in [2.05, 4.69) is 23.7 Å². The van der Waals surface area contributed by atoms with E-state index in [1.165, 1.54) is 29.9 Å². The summed E-state index contributed by atoms with van der Waals surface area (Å²) in [6.45, 7) is 11.1. The first kappa shape index (κ1) is 20.7. The number of aromatic nitrogens is 1. The zero-order chi connectivity index (χ0) is 20.1. The van der Waals surface area contributed by atoms with Crippen LogP contribution in [-0.2, 0) is 6.61 Å². The van der Waals surface area contributed by atoms with Gasteiger partial charge in [-0.25, -0.2) is 9.37 Å². The van der Waals surface area contributed by atoms with E-state index in [1.807, 2.05) is 11.8 Å². The fourth-order valence-electron chi connectivity index (χ4n) is 3.15. The minimum absolute atomic E-state index is 0.0616. The number of ether oxygens (including phenoxy) is 1. The predicted molar refractivity (Wildman–Crippen MR) is 109 cm³/mol. The van der Waals surface area contributed by atoms with E-state index in [0.717, 1.165) is 43.4 Å². The zero-order valence-electron chi connectivity index (χ0n) is 16.8. The van der Waals surface area contributed by atoms with Gasteiger partial charge in [0.15, 0.2) is 0 Å². The Hall–Kier alpha value is -1.99. The predicted octanol–water partition coefficient (Wildman–Crippen LogP) is 3.97. The standard InChI is InChI=1S/C21H28FN3O2S/c1-15(2)8-9-24-10-12-25(13-11-24)21(26)20-16(3)23-19(28-20)14-27-18-6-4-17(22)5-7-18/h4-7,15H,8-14H2,1-3H3. The number of carbonyl (C=O) groups excluding carboxylic acids is 1. The molecule has 0 saturated carbocycles. The second-order valence-electron chi connectivity index (χ2n) is 7.58. The molecule has 0 N–H and O–H groups in total. The molecule has 1 aromatic heterocycles. The smallest absolute Gasteiger partial charge is 0.265 e. The number of benzene rings is 1. The summed E-state index contributed by atoms with van der Waals surface area (Å²) in [5.74, 6) is 1.05. The Kier molecular flexibility index (Phi) is 7.02. The number of hydrogen-bond donors (Lipinski definition) is 0. The van der Waals surface area contributed by atoms with Gasteiger partial charge < -0.3 is 9.64 Å². The number of halogens is 1. The van der Waals surface area contributed by atoms with Crippen molar-refractivity contribution in [3.63, 3.8) is 0 Å². The number of amides is 1. The van der Waals surface area contributed by atoms with Crippen molar-refractivity contribution < 1.29 is 13.9 Å². The molecule has 28 heavy (non-hydrogen) atoms. The van der Waals surface area contributed by atoms with Gasteiger partial charge in [-0.1, -0.05) is 13.8 Å². The molecule has 2 heterocycles. The van der Waals surface area contributed by atoms with Gasteiger partial charge in [0.05, 0.1) is 5.69 Å². The average Bonchev–Trinajstić information content (AvgIpc) is 3.06. The Labute approximate surface area is 170 Å². The molecule has 1 aromatic carbocycles. The van der Waals surface area contributed by atoms with Crippen LogP contribution in [0, 0.1) is 18.7 Å². The minimum Gasteiger partial charge on any atom is -0.486 e. The first-order valence-electron chi connectivity index (χ1n) is 9.78. The molecule has 0 spiro atoms. The van der Waals surface area contributed by atoms with Gasteiger partial charge in [0.2, 0.25) is 0 Å². The molecule has 1 amide bonds. The van der Waals surface area contributed by atoms with Gasteiger partial charge in [-0.05, 0) is 50.1 Å². The summed E-state index contributed by atoms with van der Waals surface area (Å²) >= 11 is 1.38. The molecule has 5 nitrogen and oxygen atoms in total. The molecular formula is C21H28FN3O2S. The molecule has 0 bridgehead atoms. The molecule has 0 unspecified atom stereocenters. The molecule has 2 aromatic rings. The van der Waals surface area contributed by atoms with Crippen molar-refractivity contribution in [1.82, 2.24) is 14.8 Å². The van der Waals surface area contributed by atoms with Crippen LogP contribution in [0.3, 0.4) is 0 Å². The number of piperazine rings is 1. The third kappa shape index (κ3) is 5.52. The van der Waals surface area contributed by atoms with Crippen molar-refractivity contribution in [2.75, 3.05) is 32.7 Å². The summed E-state index contributed by atoms with van der Waals surface area (Å²) in [7, 11) is 0. The number of aryl methyl sites for hydroxylation is 1. The molecule has 7 heteroatoms. The normalized spacial score (nSPS) is 15.2. The Morgan fingerprint density at radius 1 is 1.21 bits per heavy atom. The maximum atomic E-state index is 13.0. The van der Waals surface area contributed by atoms with Gasteiger partial charge in [0.1, 0.15) is 28.1 Å². The van der Waals surface area contributed by atoms with E-state index in [0.29, 0.717) is 16.5 Å². The lowest BCUT2D eigenvalue weighted by atomic mass is 10.1. The van der Waals surface area contributed by atoms with Crippen LogP contribution < -0.4 is 4.74 Å². The van der Waals surface area contributed by atoms with E-state index in [4.69, 9.17) is 4.74 Å². The lowest BCUT2D eigenvalue weighted by Gasteiger charge is -2.34. The third-order valence-corrected chi connectivity index (χ3v) is 6.01. The van der Waals surface area contributed by atoms with Gasteiger partial charge in [-0.2, -0.15) is 0 Å². The van der Waals surface area contributed by atoms with Crippen molar-refractivity contribution in [3.05, 3.63) is 45.7 Å². The Bertz CT molecular complexity index is 783. The minimum atomic E-state index is -0.297. The van der Waals surface area contributed by atoms with E-state index in [1.54, 1.807) is 12.1 Å². The molecule has 0 radical (unpaired) electrons. The quantitative estimate of drug-likeness (QED) is 0.699. The van der Waals surface area contributed by atoms with Crippen LogP contribution in [0.5, 0.6) is 5.75 Å². The van der Waals surface area contributed by atoms with Crippen molar-refractivity contribution in [3.8, 4) is 5.75 Å². The molecule has 1 aliphatic rings. The molecule has 1 fully saturated rings. The van der Waals surface area contributed by atoms with Crippen molar-refractivity contribution in [2.24, 2.45) is 5.92 Å². The number of hydrogen-bond acceptors (Lipinski definition) is 5. The molecule has 1 aliphatic heterocycles. The van der Waals surface area contributed by atoms with Gasteiger partial charge in [0.25, 0.3) is 5.91 Å². The van der Waals surface area contributed by atoms with Gasteiger partial charge >= 0.3 is 0 Å². The summed E-state index contributed by atoms with van der Waals surface area (Å²) in [6, 6.07) is 5.89. The lowest BCUT2D eigenvalue weighted by molar-refractivity contribution is 0.0635. The molecule has 3 rings (SSSR count). The summed E-state index contributed by atoms with van der Waals surface area (Å²) in [4.78, 5) is 22.4. The topological polar surface area (TPSA) is 45.7 Å². The highest BCUT2D eigenvalue weighted by molar-refractivity contribution is 7.13. The summed E-state index contributed by atoms with van der Waals surface area (Å²) in [5, 5.41) is 0.751. The van der Waals surface area contributed by atoms with E-state index in [-0.39, 0.29) is 18.3 Å². The third-order valence-electron chi connectivity index (χ3n) is 4.89. The van der Waals surface area contributed by atoms with Crippen molar-refractivity contribution in [2.45, 2.75) is 33.8 Å². The maximum absolute atomic E-state index is 13.0. The monoisotopic (exact) mass is 405 g/mol. The van der Waals surface area contributed by atoms with Gasteiger partial charge in [-0.3, -0.25) is 9.69 Å². The molecule has 152 valence electrons. The SMILES string of the molecule is Cc1nc(COc2ccc(F)cc2)sc1C(=O)N1CCN(CCC(C)C)CC1. The maximum Gasteiger partial charge on any atom is 0.265 e. The second-order valence-corrected chi connectivity index (χ2v) is 8.66. The molecule has 1 saturated heterocycles. The van der Waals surface area contributed by atoms with Crippen LogP contribution in [0.2, 0.25) is 0 Å². The largest absolute Gasteiger partial charge is 0.486 e. The fourth-order valence-corrected chi connectivity index (χ4v) is 4.09. The molecule has 0 aliphatic carbocycles. The average molecular weight is 406 g/mol. The number of rotatable bonds is 7. The highest BCUT2D eigenvalue weighted by Gasteiger charge is 2.25. The summed E-state index contributed by atoms with van der Waals surface area (Å²) in [6.07, 6.45) is 1.19. The zero-order valence-corrected chi connectivity index (χ0v) is 17.6. The van der Waals surface area contributed by atoms with Crippen LogP contribution in [-0.4, -0.2) is 53.4 Å². The second kappa shape index (κ2) is 9.47. The van der Waals surface area contributed by atoms with Crippen molar-refractivity contribution in [1.29, 1.82) is 0 Å². The Balaban J connectivity index is 1.54. The van der Waals surface area contributed by atoms with E-state index in [9.17, 15) is 9.18 Å². The van der Waals surface area contributed by atoms with Crippen LogP contribution in [0.25, 0.3) is 0 Å². The van der Waals surface area contributed by atoms with Crippen LogP contribution in [0.1, 0.15) is 40.6 Å². The number of carbonyl (C=O) groups is 1. The van der Waals surface area contributed by atoms with Crippen LogP contribution in [0.15, 0.2) is 24.3 Å². The van der Waals surface area contributed by atoms with E-state index < -0.39 is 0 Å². The first-order chi connectivity index (χ1) is 13.4. The lowest BCUT2D eigenvalue weighted by Crippen LogP contribution is -2.48. The van der Waals surface area contributed by atoms with Gasteiger partial charge in [0, 0.05) is 26.2 Å². The molecular weight excluding hydrogens is 377 g/mol.